The maximum atomic E-state index is 14.4. The maximum Gasteiger partial charge on any atom is 0.303 e. The van der Waals surface area contributed by atoms with Crippen molar-refractivity contribution in [3.05, 3.63) is 35.2 Å². The normalized spacial score (nSPS) is 21.9. The van der Waals surface area contributed by atoms with E-state index >= 15 is 0 Å². The summed E-state index contributed by atoms with van der Waals surface area (Å²) in [6.45, 7) is 0. The quantitative estimate of drug-likeness (QED) is 0.423. The molecule has 7 heteroatoms. The molecule has 30 heavy (non-hydrogen) atoms. The third-order valence-corrected chi connectivity index (χ3v) is 7.25. The van der Waals surface area contributed by atoms with E-state index in [4.69, 9.17) is 5.11 Å². The van der Waals surface area contributed by atoms with Gasteiger partial charge < -0.3 is 10.2 Å². The Hall–Kier alpha value is -1.86. The van der Waals surface area contributed by atoms with Crippen molar-refractivity contribution in [2.75, 3.05) is 0 Å². The van der Waals surface area contributed by atoms with E-state index in [0.29, 0.717) is 25.7 Å². The van der Waals surface area contributed by atoms with E-state index in [1.165, 1.54) is 11.3 Å². The molecule has 0 saturated heterocycles. The van der Waals surface area contributed by atoms with Crippen LogP contribution in [0, 0.1) is 11.8 Å². The molecule has 1 saturated carbocycles. The Morgan fingerprint density at radius 3 is 2.63 bits per heavy atom. The summed E-state index contributed by atoms with van der Waals surface area (Å²) in [4.78, 5) is 23.6. The van der Waals surface area contributed by atoms with Gasteiger partial charge in [-0.1, -0.05) is 37.5 Å². The minimum absolute atomic E-state index is 0.0936. The van der Waals surface area contributed by atoms with Gasteiger partial charge in [0.25, 0.3) is 5.92 Å². The number of aliphatic hydroxyl groups is 1. The molecule has 2 N–H and O–H groups in total. The van der Waals surface area contributed by atoms with E-state index in [1.54, 1.807) is 0 Å². The first-order valence-corrected chi connectivity index (χ1v) is 11.4. The molecule has 0 bridgehead atoms. The fourth-order valence-corrected chi connectivity index (χ4v) is 5.51. The minimum atomic E-state index is -2.99. The van der Waals surface area contributed by atoms with E-state index in [-0.39, 0.29) is 25.7 Å². The van der Waals surface area contributed by atoms with Gasteiger partial charge in [-0.3, -0.25) is 9.59 Å². The number of hydrogen-bond acceptors (Lipinski definition) is 4. The van der Waals surface area contributed by atoms with Crippen LogP contribution in [0.15, 0.2) is 30.3 Å². The standard InChI is InChI=1S/C23H28F2O4S/c24-23(25)14-19(27)16(17(23)8-3-1-2-4-10-22(28)29)11-12-18(26)21-13-15-7-5-6-9-20(15)30-21/h5-7,9,13,16-18,26H,1-4,8,10-12,14H2,(H,28,29)/t16-,17-,18?/m1/s1. The van der Waals surface area contributed by atoms with Crippen molar-refractivity contribution in [3.63, 3.8) is 0 Å². The minimum Gasteiger partial charge on any atom is -0.481 e. The molecule has 0 spiro atoms. The Labute approximate surface area is 178 Å². The number of carbonyl (C=O) groups is 2. The van der Waals surface area contributed by atoms with Crippen molar-refractivity contribution in [1.29, 1.82) is 0 Å². The monoisotopic (exact) mass is 438 g/mol. The number of thiophene rings is 1. The third kappa shape index (κ3) is 5.64. The first-order valence-electron chi connectivity index (χ1n) is 10.6. The number of alkyl halides is 2. The number of rotatable bonds is 11. The molecule has 4 nitrogen and oxygen atoms in total. The fourth-order valence-electron chi connectivity index (χ4n) is 4.43. The lowest BCUT2D eigenvalue weighted by molar-refractivity contribution is -0.137. The number of carbonyl (C=O) groups excluding carboxylic acids is 1. The van der Waals surface area contributed by atoms with Crippen LogP contribution in [-0.2, 0) is 9.59 Å². The fraction of sp³-hybridized carbons (Fsp3) is 0.565. The van der Waals surface area contributed by atoms with Crippen LogP contribution in [0.5, 0.6) is 0 Å². The lowest BCUT2D eigenvalue weighted by Gasteiger charge is -2.24. The molecule has 0 amide bonds. The number of halogens is 2. The van der Waals surface area contributed by atoms with Crippen molar-refractivity contribution in [2.45, 2.75) is 69.8 Å². The average molecular weight is 439 g/mol. The van der Waals surface area contributed by atoms with Gasteiger partial charge in [0.2, 0.25) is 0 Å². The van der Waals surface area contributed by atoms with Crippen LogP contribution in [0.25, 0.3) is 10.1 Å². The molecular weight excluding hydrogens is 410 g/mol. The molecule has 2 aromatic rings. The summed E-state index contributed by atoms with van der Waals surface area (Å²) < 4.78 is 29.9. The van der Waals surface area contributed by atoms with Crippen LogP contribution in [0.2, 0.25) is 0 Å². The highest BCUT2D eigenvalue weighted by atomic mass is 32.1. The van der Waals surface area contributed by atoms with E-state index in [1.807, 2.05) is 30.3 Å². The summed E-state index contributed by atoms with van der Waals surface area (Å²) in [7, 11) is 0. The van der Waals surface area contributed by atoms with Crippen molar-refractivity contribution in [1.82, 2.24) is 0 Å². The highest BCUT2D eigenvalue weighted by Crippen LogP contribution is 2.47. The Morgan fingerprint density at radius 1 is 1.17 bits per heavy atom. The topological polar surface area (TPSA) is 74.6 Å². The van der Waals surface area contributed by atoms with Crippen molar-refractivity contribution in [3.8, 4) is 0 Å². The summed E-state index contributed by atoms with van der Waals surface area (Å²) in [5.41, 5.74) is 0. The molecule has 1 aromatic carbocycles. The molecule has 1 aromatic heterocycles. The number of hydrogen-bond donors (Lipinski definition) is 2. The highest BCUT2D eigenvalue weighted by Gasteiger charge is 2.53. The molecule has 3 atom stereocenters. The van der Waals surface area contributed by atoms with Crippen molar-refractivity contribution < 1.29 is 28.6 Å². The average Bonchev–Trinajstić information content (AvgIpc) is 3.20. The summed E-state index contributed by atoms with van der Waals surface area (Å²) in [5, 5.41) is 20.3. The highest BCUT2D eigenvalue weighted by molar-refractivity contribution is 7.19. The van der Waals surface area contributed by atoms with Crippen LogP contribution >= 0.6 is 11.3 Å². The molecule has 1 aliphatic rings. The molecular formula is C23H28F2O4S. The van der Waals surface area contributed by atoms with Crippen molar-refractivity contribution in [2.24, 2.45) is 11.8 Å². The zero-order valence-corrected chi connectivity index (χ0v) is 17.7. The van der Waals surface area contributed by atoms with Gasteiger partial charge in [0.1, 0.15) is 5.78 Å². The van der Waals surface area contributed by atoms with Gasteiger partial charge in [-0.2, -0.15) is 0 Å². The number of ketones is 1. The van der Waals surface area contributed by atoms with E-state index in [0.717, 1.165) is 15.0 Å². The summed E-state index contributed by atoms with van der Waals surface area (Å²) in [6, 6.07) is 9.72. The van der Waals surface area contributed by atoms with Gasteiger partial charge in [-0.25, -0.2) is 8.78 Å². The largest absolute Gasteiger partial charge is 0.481 e. The number of Topliss-reactive ketones (excluding diaryl/α,β-unsaturated/α-hetero) is 1. The zero-order valence-electron chi connectivity index (χ0n) is 16.9. The van der Waals surface area contributed by atoms with Crippen LogP contribution in [0.3, 0.4) is 0 Å². The molecule has 3 rings (SSSR count). The molecule has 1 unspecified atom stereocenters. The van der Waals surface area contributed by atoms with Gasteiger partial charge in [0, 0.05) is 27.8 Å². The molecule has 1 heterocycles. The lowest BCUT2D eigenvalue weighted by atomic mass is 9.85. The second-order valence-corrected chi connectivity index (χ2v) is 9.36. The first kappa shape index (κ1) is 22.8. The van der Waals surface area contributed by atoms with Gasteiger partial charge >= 0.3 is 5.97 Å². The predicted octanol–water partition coefficient (Wildman–Crippen LogP) is 5.98. The number of benzene rings is 1. The molecule has 1 fully saturated rings. The second-order valence-electron chi connectivity index (χ2n) is 8.24. The first-order chi connectivity index (χ1) is 14.3. The van der Waals surface area contributed by atoms with Crippen molar-refractivity contribution >= 4 is 33.2 Å². The van der Waals surface area contributed by atoms with Gasteiger partial charge in [0.15, 0.2) is 0 Å². The van der Waals surface area contributed by atoms with E-state index in [2.05, 4.69) is 0 Å². The summed E-state index contributed by atoms with van der Waals surface area (Å²) >= 11 is 1.49. The van der Waals surface area contributed by atoms with Crippen LogP contribution in [-0.4, -0.2) is 27.9 Å². The molecule has 1 aliphatic carbocycles. The number of unbranched alkanes of at least 4 members (excludes halogenated alkanes) is 3. The van der Waals surface area contributed by atoms with Crippen LogP contribution in [0.1, 0.15) is 68.8 Å². The Balaban J connectivity index is 1.54. The van der Waals surface area contributed by atoms with Gasteiger partial charge in [0.05, 0.1) is 12.5 Å². The number of fused-ring (bicyclic) bond motifs is 1. The summed E-state index contributed by atoms with van der Waals surface area (Å²) in [6.07, 6.45) is 1.90. The van der Waals surface area contributed by atoms with Crippen LogP contribution in [0.4, 0.5) is 8.78 Å². The molecule has 0 aliphatic heterocycles. The van der Waals surface area contributed by atoms with Gasteiger partial charge in [-0.15, -0.1) is 11.3 Å². The maximum absolute atomic E-state index is 14.4. The SMILES string of the molecule is O=C(O)CCCCCC[C@@H]1[C@@H](CCC(O)c2cc3ccccc3s2)C(=O)CC1(F)F. The smallest absolute Gasteiger partial charge is 0.303 e. The predicted molar refractivity (Wildman–Crippen MR) is 113 cm³/mol. The lowest BCUT2D eigenvalue weighted by Crippen LogP contribution is -2.26. The number of carboxylic acids is 1. The number of aliphatic hydroxyl groups excluding tert-OH is 1. The summed E-state index contributed by atoms with van der Waals surface area (Å²) in [5.74, 6) is -5.95. The third-order valence-electron chi connectivity index (χ3n) is 6.03. The Kier molecular flexibility index (Phi) is 7.58. The Bertz CT molecular complexity index is 846. The van der Waals surface area contributed by atoms with E-state index in [9.17, 15) is 23.5 Å². The van der Waals surface area contributed by atoms with E-state index < -0.39 is 42.0 Å². The second kappa shape index (κ2) is 9.96. The molecule has 0 radical (unpaired) electrons. The van der Waals surface area contributed by atoms with Crippen LogP contribution < -0.4 is 0 Å². The zero-order chi connectivity index (χ0) is 21.7. The number of aliphatic carboxylic acids is 1. The molecule has 164 valence electrons. The van der Waals surface area contributed by atoms with Gasteiger partial charge in [-0.05, 0) is 43.2 Å². The Morgan fingerprint density at radius 2 is 1.90 bits per heavy atom. The number of carboxylic acid groups (broad SMARTS) is 1.